The van der Waals surface area contributed by atoms with Gasteiger partial charge in [0.2, 0.25) is 11.9 Å². The number of nitrogen functional groups attached to an aromatic ring is 2. The summed E-state index contributed by atoms with van der Waals surface area (Å²) in [6.45, 7) is -5.69. The Kier molecular flexibility index (Phi) is 7.53. The number of anilines is 2. The molecule has 0 saturated carbocycles. The Bertz CT molecular complexity index is 1850. The number of fused-ring (bicyclic) bond motifs is 2. The van der Waals surface area contributed by atoms with Crippen molar-refractivity contribution in [1.82, 2.24) is 39.0 Å². The van der Waals surface area contributed by atoms with Crippen LogP contribution in [-0.4, -0.2) is 109 Å². The van der Waals surface area contributed by atoms with E-state index in [0.29, 0.717) is 0 Å². The number of aromatic nitrogens is 8. The van der Waals surface area contributed by atoms with Crippen LogP contribution in [-0.2, 0) is 23.1 Å². The first-order valence-electron chi connectivity index (χ1n) is 12.4. The Hall–Kier alpha value is -3.44. The molecule has 0 amide bonds. The number of aliphatic hydroxyl groups excluding tert-OH is 4. The maximum atomic E-state index is 13.3. The van der Waals surface area contributed by atoms with Crippen molar-refractivity contribution in [2.24, 2.45) is 0 Å². The molecule has 23 heteroatoms. The maximum Gasteiger partial charge on any atom is 0.386 e. The zero-order chi connectivity index (χ0) is 30.8. The smallest absolute Gasteiger partial charge is 0.386 e. The lowest BCUT2D eigenvalue weighted by atomic mass is 10.1. The van der Waals surface area contributed by atoms with E-state index in [1.54, 1.807) is 0 Å². The van der Waals surface area contributed by atoms with Gasteiger partial charge in [-0.15, -0.1) is 0 Å². The Labute approximate surface area is 243 Å². The summed E-state index contributed by atoms with van der Waals surface area (Å²) in [6, 6.07) is 0. The summed E-state index contributed by atoms with van der Waals surface area (Å²) in [7, 11) is 0. The summed E-state index contributed by atoms with van der Waals surface area (Å²) in [6.07, 6.45) is -9.00. The largest absolute Gasteiger partial charge is 0.394 e. The third kappa shape index (κ3) is 5.20. The molecule has 4 aromatic rings. The zero-order valence-electron chi connectivity index (χ0n) is 21.6. The molecule has 0 aromatic carbocycles. The van der Waals surface area contributed by atoms with Gasteiger partial charge in [-0.25, -0.2) is 14.5 Å². The molecule has 2 saturated heterocycles. The van der Waals surface area contributed by atoms with Crippen molar-refractivity contribution in [3.05, 3.63) is 33.4 Å². The first-order chi connectivity index (χ1) is 20.4. The van der Waals surface area contributed by atoms with Gasteiger partial charge in [0.15, 0.2) is 34.8 Å². The number of rotatable bonds is 8. The van der Waals surface area contributed by atoms with Crippen LogP contribution in [0.3, 0.4) is 0 Å². The highest BCUT2D eigenvalue weighted by Gasteiger charge is 2.50. The number of hydrogen-bond donors (Lipinski definition) is 9. The summed E-state index contributed by atoms with van der Waals surface area (Å²) in [4.78, 5) is 44.8. The normalized spacial score (nSPS) is 30.8. The lowest BCUT2D eigenvalue weighted by molar-refractivity contribution is -0.0552. The van der Waals surface area contributed by atoms with E-state index in [1.165, 1.54) is 9.13 Å². The van der Waals surface area contributed by atoms with E-state index in [0.717, 1.165) is 12.7 Å². The molecule has 10 N–H and O–H groups in total. The van der Waals surface area contributed by atoms with Gasteiger partial charge in [-0.05, 0) is 0 Å². The second-order valence-corrected chi connectivity index (χ2v) is 12.5. The van der Waals surface area contributed by atoms with Gasteiger partial charge in [0, 0.05) is 0 Å². The van der Waals surface area contributed by atoms with Crippen molar-refractivity contribution in [3.63, 3.8) is 0 Å². The minimum atomic E-state index is -4.41. The van der Waals surface area contributed by atoms with Crippen molar-refractivity contribution in [1.29, 1.82) is 0 Å². The van der Waals surface area contributed by atoms with Crippen LogP contribution >= 0.6 is 19.0 Å². The molecule has 9 atom stereocenters. The monoisotopic (exact) mass is 644 g/mol. The number of nitrogens with zero attached hydrogens (tertiary/aromatic N) is 6. The van der Waals surface area contributed by atoms with E-state index in [1.807, 2.05) is 0 Å². The van der Waals surface area contributed by atoms with Crippen molar-refractivity contribution in [2.45, 2.75) is 49.1 Å². The molecule has 232 valence electrons. The molecular weight excluding hydrogens is 619 g/mol. The lowest BCUT2D eigenvalue weighted by Gasteiger charge is -2.25. The van der Waals surface area contributed by atoms with Gasteiger partial charge in [0.05, 0.1) is 25.9 Å². The summed E-state index contributed by atoms with van der Waals surface area (Å²) in [5.41, 5.74) is 9.70. The van der Waals surface area contributed by atoms with E-state index in [9.17, 15) is 34.6 Å². The van der Waals surface area contributed by atoms with Crippen LogP contribution in [0.1, 0.15) is 12.5 Å². The lowest BCUT2D eigenvalue weighted by Crippen LogP contribution is -2.35. The molecule has 2 aliphatic heterocycles. The van der Waals surface area contributed by atoms with Gasteiger partial charge in [-0.1, -0.05) is 12.2 Å². The van der Waals surface area contributed by atoms with Crippen LogP contribution in [0, 0.1) is 0 Å². The predicted octanol–water partition coefficient (Wildman–Crippen LogP) is -3.27. The minimum Gasteiger partial charge on any atom is -0.394 e. The summed E-state index contributed by atoms with van der Waals surface area (Å²) in [5.74, 6) is -0.447. The molecule has 6 heterocycles. The number of hydrogen-bond acceptors (Lipinski definition) is 17. The molecule has 6 rings (SSSR count). The van der Waals surface area contributed by atoms with E-state index in [-0.39, 0.29) is 34.2 Å². The highest BCUT2D eigenvalue weighted by atomic mass is 32.7. The average Bonchev–Trinajstić information content (AvgIpc) is 3.69. The molecule has 43 heavy (non-hydrogen) atoms. The fraction of sp³-hybridized carbons (Fsp3) is 0.500. The molecule has 2 fully saturated rings. The SMILES string of the molecule is Nc1nc2c(ncn2[C@@H]2O[C@H](COP(=O)(S)O[C@@H]3[C@H](O)[C@@H](CO)O[C@H]3n3cnc4c(=O)[nH]c(N)nc43)[C@@H](O)[C@H]2O)c(=O)[nH]1. The Morgan fingerprint density at radius 1 is 0.907 bits per heavy atom. The second-order valence-electron chi connectivity index (χ2n) is 9.67. The highest BCUT2D eigenvalue weighted by molar-refractivity contribution is 8.44. The third-order valence-electron chi connectivity index (χ3n) is 6.94. The number of nitrogens with one attached hydrogen (secondary N) is 2. The third-order valence-corrected chi connectivity index (χ3v) is 8.55. The van der Waals surface area contributed by atoms with Crippen molar-refractivity contribution >= 4 is 53.3 Å². The summed E-state index contributed by atoms with van der Waals surface area (Å²) < 4.78 is 38.0. The Morgan fingerprint density at radius 2 is 1.44 bits per heavy atom. The van der Waals surface area contributed by atoms with Crippen molar-refractivity contribution in [3.8, 4) is 0 Å². The van der Waals surface area contributed by atoms with Gasteiger partial charge in [-0.3, -0.25) is 37.7 Å². The zero-order valence-corrected chi connectivity index (χ0v) is 23.4. The van der Waals surface area contributed by atoms with Crippen LogP contribution in [0.15, 0.2) is 22.2 Å². The molecule has 1 unspecified atom stereocenters. The van der Waals surface area contributed by atoms with Crippen molar-refractivity contribution in [2.75, 3.05) is 24.7 Å². The number of aromatic amines is 2. The average molecular weight is 645 g/mol. The number of H-pyrrole nitrogens is 2. The topological polar surface area (TPSA) is 314 Å². The molecule has 0 bridgehead atoms. The quantitative estimate of drug-likeness (QED) is 0.0671. The number of thiol groups is 1. The molecular formula is C20H25N10O11PS. The first-order valence-corrected chi connectivity index (χ1v) is 15.1. The van der Waals surface area contributed by atoms with Crippen LogP contribution in [0.2, 0.25) is 0 Å². The van der Waals surface area contributed by atoms with Crippen LogP contribution < -0.4 is 22.6 Å². The number of ether oxygens (including phenoxy) is 2. The Morgan fingerprint density at radius 3 is 2.00 bits per heavy atom. The highest BCUT2D eigenvalue weighted by Crippen LogP contribution is 2.57. The van der Waals surface area contributed by atoms with Gasteiger partial charge >= 0.3 is 6.80 Å². The molecule has 4 aromatic heterocycles. The molecule has 0 aliphatic carbocycles. The van der Waals surface area contributed by atoms with Crippen molar-refractivity contribution < 1.29 is 43.5 Å². The predicted molar refractivity (Wildman–Crippen MR) is 145 cm³/mol. The van der Waals surface area contributed by atoms with Crippen LogP contribution in [0.25, 0.3) is 22.3 Å². The van der Waals surface area contributed by atoms with Gasteiger partial charge in [0.1, 0.15) is 36.6 Å². The van der Waals surface area contributed by atoms with Crippen LogP contribution in [0.4, 0.5) is 11.9 Å². The van der Waals surface area contributed by atoms with Gasteiger partial charge in [-0.2, -0.15) is 9.97 Å². The number of imidazole rings is 2. The van der Waals surface area contributed by atoms with Gasteiger partial charge < -0.3 is 41.4 Å². The fourth-order valence-corrected chi connectivity index (χ4v) is 6.37. The van der Waals surface area contributed by atoms with Gasteiger partial charge in [0.25, 0.3) is 11.1 Å². The first kappa shape index (κ1) is 29.6. The molecule has 0 spiro atoms. The van der Waals surface area contributed by atoms with E-state index >= 15 is 0 Å². The number of nitrogens with two attached hydrogens (primary N) is 2. The fourth-order valence-electron chi connectivity index (χ4n) is 4.91. The second kappa shape index (κ2) is 10.9. The summed E-state index contributed by atoms with van der Waals surface area (Å²) >= 11 is 3.97. The Balaban J connectivity index is 1.19. The summed E-state index contributed by atoms with van der Waals surface area (Å²) in [5, 5.41) is 41.7. The number of aliphatic hydroxyl groups is 4. The van der Waals surface area contributed by atoms with E-state index in [4.69, 9.17) is 30.0 Å². The van der Waals surface area contributed by atoms with Crippen LogP contribution in [0.5, 0.6) is 0 Å². The van der Waals surface area contributed by atoms with E-state index < -0.39 is 80.2 Å². The minimum absolute atomic E-state index is 0.0211. The van der Waals surface area contributed by atoms with E-state index in [2.05, 4.69) is 42.2 Å². The maximum absolute atomic E-state index is 13.3. The molecule has 0 radical (unpaired) electrons. The standard InChI is InChI=1S/C20H25N10O11PS/c21-19-25-13-7(15(35)27-19)23-3-29(13)17-11(34)9(32)6(40-17)2-38-42(37,43)41-12-10(33)5(1-31)39-18(12)30-4-24-8-14(30)26-20(22)28-16(8)36/h3-6,9-12,17-18,31-34H,1-2H2,(H,37,43)(H3,21,25,27,35)(H3,22,26,28,36)/t5-,6-,9-,10-,11-,12-,17-,18-,42?/m1/s1. The molecule has 21 nitrogen and oxygen atoms in total. The molecule has 2 aliphatic rings.